The highest BCUT2D eigenvalue weighted by Gasteiger charge is 2.47. The maximum Gasteiger partial charge on any atom is 0.323 e. The summed E-state index contributed by atoms with van der Waals surface area (Å²) in [5.41, 5.74) is 3.22. The first-order chi connectivity index (χ1) is 14.1. The van der Waals surface area contributed by atoms with Crippen LogP contribution >= 0.6 is 0 Å². The summed E-state index contributed by atoms with van der Waals surface area (Å²) in [6.07, 6.45) is 3.75. The average Bonchev–Trinajstić information content (AvgIpc) is 3.39. The molecule has 0 saturated carbocycles. The third-order valence-corrected chi connectivity index (χ3v) is 6.48. The van der Waals surface area contributed by atoms with E-state index in [2.05, 4.69) is 41.1 Å². The molecule has 2 aliphatic heterocycles. The Morgan fingerprint density at radius 2 is 1.93 bits per heavy atom. The van der Waals surface area contributed by atoms with Gasteiger partial charge < -0.3 is 16.0 Å². The first-order valence-corrected chi connectivity index (χ1v) is 10.4. The monoisotopic (exact) mass is 390 g/mol. The second-order valence-corrected chi connectivity index (χ2v) is 8.11. The predicted molar refractivity (Wildman–Crippen MR) is 117 cm³/mol. The van der Waals surface area contributed by atoms with Crippen LogP contribution in [0.25, 0.3) is 0 Å². The summed E-state index contributed by atoms with van der Waals surface area (Å²) < 4.78 is 1.06. The molecule has 3 unspecified atom stereocenters. The van der Waals surface area contributed by atoms with Crippen molar-refractivity contribution in [2.24, 2.45) is 0 Å². The fraction of sp³-hybridized carbons (Fsp3) is 0.391. The number of carbonyl (C=O) groups is 1. The fourth-order valence-electron chi connectivity index (χ4n) is 5.05. The maximum absolute atomic E-state index is 12.3. The summed E-state index contributed by atoms with van der Waals surface area (Å²) >= 11 is 0. The van der Waals surface area contributed by atoms with E-state index in [1.165, 1.54) is 31.5 Å². The number of hydrogen-bond acceptors (Lipinski definition) is 3. The van der Waals surface area contributed by atoms with E-state index in [-0.39, 0.29) is 6.03 Å². The van der Waals surface area contributed by atoms with E-state index in [0.717, 1.165) is 23.3 Å². The molecule has 2 saturated heterocycles. The number of amides is 2. The van der Waals surface area contributed by atoms with Gasteiger partial charge in [0, 0.05) is 55.9 Å². The molecule has 2 heterocycles. The van der Waals surface area contributed by atoms with Gasteiger partial charge in [-0.2, -0.15) is 5.26 Å². The molecule has 0 radical (unpaired) electrons. The summed E-state index contributed by atoms with van der Waals surface area (Å²) in [6, 6.07) is 18.2. The number of nitrogens with zero attached hydrogens (tertiary/aromatic N) is 2. The van der Waals surface area contributed by atoms with Crippen LogP contribution < -0.4 is 20.4 Å². The lowest BCUT2D eigenvalue weighted by molar-refractivity contribution is 0.203. The molecule has 0 aromatic heterocycles. The average molecular weight is 391 g/mol. The molecule has 0 bridgehead atoms. The van der Waals surface area contributed by atoms with E-state index >= 15 is 0 Å². The van der Waals surface area contributed by atoms with Crippen LogP contribution in [0, 0.1) is 11.3 Å². The molecule has 3 N–H and O–H groups in total. The Kier molecular flexibility index (Phi) is 5.52. The van der Waals surface area contributed by atoms with E-state index < -0.39 is 0 Å². The number of quaternary nitrogens is 1. The summed E-state index contributed by atoms with van der Waals surface area (Å²) in [6.45, 7) is 5.75. The maximum atomic E-state index is 12.3. The fourth-order valence-corrected chi connectivity index (χ4v) is 5.05. The van der Waals surface area contributed by atoms with Crippen LogP contribution in [0.15, 0.2) is 48.5 Å². The van der Waals surface area contributed by atoms with Gasteiger partial charge in [-0.25, -0.2) is 4.79 Å². The molecule has 150 valence electrons. The van der Waals surface area contributed by atoms with Crippen molar-refractivity contribution in [3.05, 3.63) is 54.1 Å². The van der Waals surface area contributed by atoms with Crippen molar-refractivity contribution in [3.8, 4) is 6.07 Å². The molecule has 3 atom stereocenters. The second-order valence-electron chi connectivity index (χ2n) is 8.11. The lowest BCUT2D eigenvalue weighted by Gasteiger charge is -2.43. The molecule has 4 rings (SSSR count). The van der Waals surface area contributed by atoms with Crippen molar-refractivity contribution in [1.29, 1.82) is 5.26 Å². The van der Waals surface area contributed by atoms with Gasteiger partial charge in [0.25, 0.3) is 0 Å². The normalized spacial score (nSPS) is 26.1. The molecule has 2 aromatic carbocycles. The molecule has 6 nitrogen and oxygen atoms in total. The molecular formula is C23H28N5O+. The first-order valence-electron chi connectivity index (χ1n) is 10.4. The smallest absolute Gasteiger partial charge is 0.311 e. The van der Waals surface area contributed by atoms with Gasteiger partial charge in [-0.05, 0) is 37.3 Å². The van der Waals surface area contributed by atoms with Crippen molar-refractivity contribution in [3.63, 3.8) is 0 Å². The van der Waals surface area contributed by atoms with Crippen LogP contribution in [0.4, 0.5) is 21.9 Å². The minimum absolute atomic E-state index is 0.314. The molecule has 2 fully saturated rings. The van der Waals surface area contributed by atoms with Gasteiger partial charge in [-0.3, -0.25) is 4.48 Å². The number of anilines is 2. The Bertz CT molecular complexity index is 914. The summed E-state index contributed by atoms with van der Waals surface area (Å²) in [7, 11) is 0. The van der Waals surface area contributed by atoms with E-state index in [0.29, 0.717) is 23.3 Å². The quantitative estimate of drug-likeness (QED) is 0.689. The lowest BCUT2D eigenvalue weighted by Crippen LogP contribution is -2.59. The zero-order chi connectivity index (χ0) is 20.3. The molecule has 0 spiro atoms. The van der Waals surface area contributed by atoms with Crippen molar-refractivity contribution in [2.75, 3.05) is 30.3 Å². The van der Waals surface area contributed by atoms with Crippen LogP contribution in [0.3, 0.4) is 0 Å². The highest BCUT2D eigenvalue weighted by atomic mass is 16.2. The van der Waals surface area contributed by atoms with Gasteiger partial charge in [0.1, 0.15) is 11.7 Å². The van der Waals surface area contributed by atoms with Crippen molar-refractivity contribution in [2.45, 2.75) is 38.3 Å². The Labute approximate surface area is 172 Å². The Balaban J connectivity index is 1.47. The number of likely N-dealkylation sites (tertiary alicyclic amines) is 1. The number of nitriles is 1. The number of rotatable bonds is 4. The van der Waals surface area contributed by atoms with Crippen LogP contribution in [-0.4, -0.2) is 37.7 Å². The molecule has 2 aliphatic rings. The lowest BCUT2D eigenvalue weighted by atomic mass is 10.1. The Hall–Kier alpha value is -2.88. The largest absolute Gasteiger partial charge is 0.323 e. The van der Waals surface area contributed by atoms with Gasteiger partial charge in [-0.15, -0.1) is 0 Å². The summed E-state index contributed by atoms with van der Waals surface area (Å²) in [4.78, 5) is 12.3. The molecule has 0 aliphatic carbocycles. The highest BCUT2D eigenvalue weighted by Crippen LogP contribution is 2.39. The number of carbonyl (C=O) groups excluding carboxylic acids is 1. The molecule has 2 aromatic rings. The van der Waals surface area contributed by atoms with E-state index in [4.69, 9.17) is 5.26 Å². The van der Waals surface area contributed by atoms with Gasteiger partial charge >= 0.3 is 6.03 Å². The van der Waals surface area contributed by atoms with Crippen LogP contribution in [0.5, 0.6) is 0 Å². The van der Waals surface area contributed by atoms with E-state index in [1.807, 2.05) is 12.1 Å². The topological polar surface area (TPSA) is 77.0 Å². The zero-order valence-electron chi connectivity index (χ0n) is 16.8. The SMILES string of the molecule is CC1CCC[N+]1(c1ccc(NC(=O)Nc2cccc(C#N)c2)cc1)C1CCNC1. The highest BCUT2D eigenvalue weighted by molar-refractivity contribution is 5.99. The molecule has 29 heavy (non-hydrogen) atoms. The van der Waals surface area contributed by atoms with E-state index in [1.54, 1.807) is 24.3 Å². The Morgan fingerprint density at radius 1 is 1.14 bits per heavy atom. The van der Waals surface area contributed by atoms with Crippen molar-refractivity contribution < 1.29 is 4.79 Å². The Morgan fingerprint density at radius 3 is 2.59 bits per heavy atom. The number of hydrogen-bond donors (Lipinski definition) is 3. The standard InChI is InChI=1S/C23H27N5O/c1-17-4-3-13-28(17,22-11-12-25-16-22)21-9-7-19(8-10-21)26-23(29)27-20-6-2-5-18(14-20)15-24/h2,5-10,14,17,22,25H,3-4,11-13,16H2,1H3,(H-,26,27,29)/p+1. The first kappa shape index (κ1) is 19.4. The zero-order valence-corrected chi connectivity index (χ0v) is 16.8. The molecule has 6 heteroatoms. The predicted octanol–water partition coefficient (Wildman–Crippen LogP) is 4.05. The minimum Gasteiger partial charge on any atom is -0.311 e. The molecular weight excluding hydrogens is 362 g/mol. The minimum atomic E-state index is -0.314. The van der Waals surface area contributed by atoms with Crippen molar-refractivity contribution in [1.82, 2.24) is 9.80 Å². The van der Waals surface area contributed by atoms with Gasteiger partial charge in [0.2, 0.25) is 0 Å². The summed E-state index contributed by atoms with van der Waals surface area (Å²) in [5.74, 6) is 0. The second kappa shape index (κ2) is 8.24. The van der Waals surface area contributed by atoms with Gasteiger partial charge in [0.15, 0.2) is 0 Å². The number of urea groups is 1. The van der Waals surface area contributed by atoms with Crippen LogP contribution in [-0.2, 0) is 0 Å². The third kappa shape index (κ3) is 3.84. The third-order valence-electron chi connectivity index (χ3n) is 6.48. The number of benzene rings is 2. The number of nitrogens with one attached hydrogen (secondary N) is 3. The van der Waals surface area contributed by atoms with Gasteiger partial charge in [-0.1, -0.05) is 6.07 Å². The van der Waals surface area contributed by atoms with Crippen molar-refractivity contribution >= 4 is 23.1 Å². The van der Waals surface area contributed by atoms with Crippen LogP contribution in [0.1, 0.15) is 31.7 Å². The summed E-state index contributed by atoms with van der Waals surface area (Å²) in [5, 5.41) is 18.2. The van der Waals surface area contributed by atoms with Crippen LogP contribution in [0.2, 0.25) is 0 Å². The molecule has 2 amide bonds. The van der Waals surface area contributed by atoms with E-state index in [9.17, 15) is 4.79 Å². The van der Waals surface area contributed by atoms with Gasteiger partial charge in [0.05, 0.1) is 24.2 Å².